The van der Waals surface area contributed by atoms with E-state index in [1.54, 1.807) is 13.0 Å². The van der Waals surface area contributed by atoms with Crippen LogP contribution in [0.25, 0.3) is 0 Å². The van der Waals surface area contributed by atoms with Gasteiger partial charge < -0.3 is 14.6 Å². The molecule has 0 aliphatic heterocycles. The van der Waals surface area contributed by atoms with Crippen LogP contribution in [-0.2, 0) is 4.79 Å². The van der Waals surface area contributed by atoms with E-state index in [9.17, 15) is 14.7 Å². The van der Waals surface area contributed by atoms with Crippen LogP contribution in [0.3, 0.4) is 0 Å². The number of carbonyl (C=O) groups excluding carboxylic acids is 2. The fraction of sp³-hybridized carbons (Fsp3) is 0.235. The summed E-state index contributed by atoms with van der Waals surface area (Å²) in [5.74, 6) is -0.941. The van der Waals surface area contributed by atoms with Gasteiger partial charge in [-0.15, -0.1) is 11.3 Å². The summed E-state index contributed by atoms with van der Waals surface area (Å²) in [7, 11) is 0. The van der Waals surface area contributed by atoms with Crippen LogP contribution < -0.4 is 15.3 Å². The number of aryl methyl sites for hydroxylation is 2. The fourth-order valence-electron chi connectivity index (χ4n) is 2.04. The molecule has 1 N–H and O–H groups in total. The Morgan fingerprint density at radius 3 is 2.38 bits per heavy atom. The van der Waals surface area contributed by atoms with Crippen molar-refractivity contribution in [3.05, 3.63) is 51.2 Å². The number of thiophene rings is 1. The van der Waals surface area contributed by atoms with Crippen molar-refractivity contribution in [2.75, 3.05) is 6.61 Å². The van der Waals surface area contributed by atoms with Crippen LogP contribution >= 0.6 is 11.3 Å². The first kappa shape index (κ1) is 17.7. The third-order valence-electron chi connectivity index (χ3n) is 3.27. The number of rotatable bonds is 6. The molecule has 0 aliphatic rings. The van der Waals surface area contributed by atoms with Gasteiger partial charge in [0, 0.05) is 0 Å². The topological polar surface area (TPSA) is 90.8 Å². The second kappa shape index (κ2) is 7.74. The Kier molecular flexibility index (Phi) is 5.70. The number of carboxylic acids is 1. The molecule has 0 atom stereocenters. The smallest absolute Gasteiger partial charge is 0.277 e. The number of benzene rings is 1. The maximum Gasteiger partial charge on any atom is 0.277 e. The molecule has 6 nitrogen and oxygen atoms in total. The average Bonchev–Trinajstić information content (AvgIpc) is 3.02. The first-order valence-electron chi connectivity index (χ1n) is 7.22. The lowest BCUT2D eigenvalue weighted by molar-refractivity contribution is -0.254. The van der Waals surface area contributed by atoms with E-state index < -0.39 is 11.9 Å². The zero-order chi connectivity index (χ0) is 17.7. The number of aromatic carboxylic acids is 1. The van der Waals surface area contributed by atoms with Crippen molar-refractivity contribution in [3.63, 3.8) is 0 Å². The second-order valence-corrected chi connectivity index (χ2v) is 6.28. The monoisotopic (exact) mass is 345 g/mol. The predicted octanol–water partition coefficient (Wildman–Crippen LogP) is 1.65. The summed E-state index contributed by atoms with van der Waals surface area (Å²) < 4.78 is 5.54. The van der Waals surface area contributed by atoms with Crippen molar-refractivity contribution >= 4 is 28.9 Å². The molecule has 126 valence electrons. The number of para-hydroxylation sites is 1. The van der Waals surface area contributed by atoms with Gasteiger partial charge in [-0.25, -0.2) is 5.43 Å². The highest BCUT2D eigenvalue weighted by molar-refractivity contribution is 7.15. The Bertz CT molecular complexity index is 775. The van der Waals surface area contributed by atoms with Crippen LogP contribution in [0.5, 0.6) is 5.75 Å². The lowest BCUT2D eigenvalue weighted by atomic mass is 10.1. The van der Waals surface area contributed by atoms with Gasteiger partial charge in [0.05, 0.1) is 21.4 Å². The zero-order valence-electron chi connectivity index (χ0n) is 13.6. The molecule has 0 aliphatic carbocycles. The summed E-state index contributed by atoms with van der Waals surface area (Å²) in [6, 6.07) is 8.81. The summed E-state index contributed by atoms with van der Waals surface area (Å²) in [6.07, 6.45) is 0. The average molecular weight is 345 g/mol. The highest BCUT2D eigenvalue weighted by Crippen LogP contribution is 2.22. The molecule has 0 unspecified atom stereocenters. The number of nitrogens with zero attached hydrogens (tertiary/aromatic N) is 1. The molecule has 0 bridgehead atoms. The molecular weight excluding hydrogens is 328 g/mol. The van der Waals surface area contributed by atoms with E-state index in [2.05, 4.69) is 10.5 Å². The van der Waals surface area contributed by atoms with Crippen molar-refractivity contribution < 1.29 is 19.4 Å². The van der Waals surface area contributed by atoms with E-state index in [0.717, 1.165) is 22.5 Å². The molecule has 0 spiro atoms. The first-order valence-corrected chi connectivity index (χ1v) is 8.04. The maximum atomic E-state index is 11.8. The number of carboxylic acid groups (broad SMARTS) is 1. The van der Waals surface area contributed by atoms with Gasteiger partial charge in [0.15, 0.2) is 6.61 Å². The normalized spacial score (nSPS) is 11.2. The standard InChI is InChI=1S/C17H18N2O4S/c1-10-5-4-6-11(2)16(10)23-9-15(20)19-18-12(3)13-7-8-14(24-13)17(21)22/h4-8H,9H2,1-3H3,(H,19,20)(H,21,22)/p-1/b18-12-. The maximum absolute atomic E-state index is 11.8. The molecule has 1 aromatic carbocycles. The Balaban J connectivity index is 1.93. The van der Waals surface area contributed by atoms with Crippen LogP contribution in [-0.4, -0.2) is 24.2 Å². The van der Waals surface area contributed by atoms with Gasteiger partial charge in [0.1, 0.15) is 5.75 Å². The van der Waals surface area contributed by atoms with Gasteiger partial charge in [0.2, 0.25) is 0 Å². The predicted molar refractivity (Wildman–Crippen MR) is 90.4 cm³/mol. The summed E-state index contributed by atoms with van der Waals surface area (Å²) in [6.45, 7) is 5.34. The lowest BCUT2D eigenvalue weighted by Gasteiger charge is -2.10. The highest BCUT2D eigenvalue weighted by atomic mass is 32.1. The number of amides is 1. The summed E-state index contributed by atoms with van der Waals surface area (Å²) in [4.78, 5) is 23.4. The third-order valence-corrected chi connectivity index (χ3v) is 4.44. The summed E-state index contributed by atoms with van der Waals surface area (Å²) in [5.41, 5.74) is 4.81. The van der Waals surface area contributed by atoms with Crippen LogP contribution in [0, 0.1) is 13.8 Å². The Hall–Kier alpha value is -2.67. The number of nitrogens with one attached hydrogen (secondary N) is 1. The highest BCUT2D eigenvalue weighted by Gasteiger charge is 2.08. The van der Waals surface area contributed by atoms with Crippen molar-refractivity contribution in [3.8, 4) is 5.75 Å². The van der Waals surface area contributed by atoms with E-state index in [4.69, 9.17) is 4.74 Å². The molecular formula is C17H17N2O4S-. The molecule has 0 radical (unpaired) electrons. The molecule has 2 aromatic rings. The fourth-order valence-corrected chi connectivity index (χ4v) is 2.83. The molecule has 0 saturated carbocycles. The van der Waals surface area contributed by atoms with Gasteiger partial charge in [0.25, 0.3) is 5.91 Å². The van der Waals surface area contributed by atoms with Crippen LogP contribution in [0.1, 0.15) is 32.6 Å². The van der Waals surface area contributed by atoms with Crippen molar-refractivity contribution in [1.29, 1.82) is 0 Å². The van der Waals surface area contributed by atoms with E-state index in [1.807, 2.05) is 32.0 Å². The second-order valence-electron chi connectivity index (χ2n) is 5.19. The minimum absolute atomic E-state index is 0.115. The van der Waals surface area contributed by atoms with Gasteiger partial charge in [-0.3, -0.25) is 4.79 Å². The minimum Gasteiger partial charge on any atom is -0.544 e. The number of carbonyl (C=O) groups is 2. The number of hydrazone groups is 1. The van der Waals surface area contributed by atoms with E-state index in [1.165, 1.54) is 6.07 Å². The van der Waals surface area contributed by atoms with E-state index in [0.29, 0.717) is 16.3 Å². The SMILES string of the molecule is C/C(=N/NC(=O)COc1c(C)cccc1C)c1ccc(C(=O)[O-])s1. The Morgan fingerprint density at radius 2 is 1.79 bits per heavy atom. The Labute approximate surface area is 143 Å². The molecule has 24 heavy (non-hydrogen) atoms. The molecule has 7 heteroatoms. The van der Waals surface area contributed by atoms with Gasteiger partial charge in [-0.2, -0.15) is 5.10 Å². The van der Waals surface area contributed by atoms with Crippen LogP contribution in [0.4, 0.5) is 0 Å². The lowest BCUT2D eigenvalue weighted by Crippen LogP contribution is -2.25. The Morgan fingerprint density at radius 1 is 1.17 bits per heavy atom. The molecule has 2 rings (SSSR count). The minimum atomic E-state index is -1.23. The largest absolute Gasteiger partial charge is 0.544 e. The molecule has 1 aromatic heterocycles. The zero-order valence-corrected chi connectivity index (χ0v) is 14.4. The van der Waals surface area contributed by atoms with Gasteiger partial charge in [-0.05, 0) is 44.0 Å². The van der Waals surface area contributed by atoms with Crippen LogP contribution in [0.2, 0.25) is 0 Å². The number of hydrogen-bond acceptors (Lipinski definition) is 6. The number of ether oxygens (including phenoxy) is 1. The van der Waals surface area contributed by atoms with Crippen molar-refractivity contribution in [2.45, 2.75) is 20.8 Å². The van der Waals surface area contributed by atoms with Gasteiger partial charge >= 0.3 is 0 Å². The molecule has 0 fully saturated rings. The van der Waals surface area contributed by atoms with E-state index >= 15 is 0 Å². The summed E-state index contributed by atoms with van der Waals surface area (Å²) in [5, 5.41) is 14.7. The quantitative estimate of drug-likeness (QED) is 0.636. The van der Waals surface area contributed by atoms with E-state index in [-0.39, 0.29) is 11.5 Å². The van der Waals surface area contributed by atoms with Gasteiger partial charge in [-0.1, -0.05) is 18.2 Å². The van der Waals surface area contributed by atoms with Crippen molar-refractivity contribution in [2.24, 2.45) is 5.10 Å². The van der Waals surface area contributed by atoms with Crippen LogP contribution in [0.15, 0.2) is 35.4 Å². The summed E-state index contributed by atoms with van der Waals surface area (Å²) >= 11 is 1.04. The molecule has 1 heterocycles. The third kappa shape index (κ3) is 4.42. The molecule has 1 amide bonds. The number of hydrogen-bond donors (Lipinski definition) is 1. The van der Waals surface area contributed by atoms with Crippen molar-refractivity contribution in [1.82, 2.24) is 5.43 Å². The molecule has 0 saturated heterocycles. The first-order chi connectivity index (χ1) is 11.4.